The molecule has 4 heteroatoms. The Morgan fingerprint density at radius 2 is 1.95 bits per heavy atom. The number of nitrogens with one attached hydrogen (secondary N) is 1. The minimum absolute atomic E-state index is 0.151. The van der Waals surface area contributed by atoms with E-state index in [-0.39, 0.29) is 11.7 Å². The lowest BCUT2D eigenvalue weighted by Crippen LogP contribution is -2.14. The van der Waals surface area contributed by atoms with Crippen LogP contribution in [0, 0.1) is 12.7 Å². The zero-order chi connectivity index (χ0) is 14.5. The molecule has 0 radical (unpaired) electrons. The molecule has 2 rings (SSSR count). The molecule has 0 aliphatic heterocycles. The number of amides is 1. The number of para-hydroxylation sites is 1. The molecule has 0 aromatic heterocycles. The van der Waals surface area contributed by atoms with Crippen LogP contribution in [0.25, 0.3) is 0 Å². The fourth-order valence-electron chi connectivity index (χ4n) is 1.97. The molecule has 3 nitrogen and oxygen atoms in total. The lowest BCUT2D eigenvalue weighted by Gasteiger charge is -2.09. The summed E-state index contributed by atoms with van der Waals surface area (Å²) in [4.78, 5) is 11.9. The van der Waals surface area contributed by atoms with Crippen LogP contribution in [-0.4, -0.2) is 5.91 Å². The van der Waals surface area contributed by atoms with Crippen LogP contribution in [0.1, 0.15) is 17.5 Å². The van der Waals surface area contributed by atoms with Crippen molar-refractivity contribution in [2.75, 3.05) is 11.1 Å². The van der Waals surface area contributed by atoms with E-state index in [0.717, 1.165) is 5.56 Å². The van der Waals surface area contributed by atoms with Gasteiger partial charge in [0.2, 0.25) is 5.91 Å². The third kappa shape index (κ3) is 3.35. The molecular formula is C16H17FN2O. The van der Waals surface area contributed by atoms with Gasteiger partial charge in [0, 0.05) is 23.4 Å². The molecule has 2 aromatic carbocycles. The van der Waals surface area contributed by atoms with E-state index in [0.29, 0.717) is 29.8 Å². The summed E-state index contributed by atoms with van der Waals surface area (Å²) in [7, 11) is 0. The van der Waals surface area contributed by atoms with Crippen LogP contribution in [0.5, 0.6) is 0 Å². The zero-order valence-corrected chi connectivity index (χ0v) is 11.3. The molecule has 2 aromatic rings. The normalized spacial score (nSPS) is 10.3. The number of aryl methyl sites for hydroxylation is 1. The molecule has 3 N–H and O–H groups in total. The monoisotopic (exact) mass is 272 g/mol. The minimum atomic E-state index is -0.324. The lowest BCUT2D eigenvalue weighted by molar-refractivity contribution is -0.116. The molecule has 0 saturated heterocycles. The second-order valence-corrected chi connectivity index (χ2v) is 4.66. The number of hydrogen-bond acceptors (Lipinski definition) is 2. The zero-order valence-electron chi connectivity index (χ0n) is 11.3. The predicted molar refractivity (Wildman–Crippen MR) is 78.9 cm³/mol. The van der Waals surface area contributed by atoms with Gasteiger partial charge in [-0.05, 0) is 37.1 Å². The van der Waals surface area contributed by atoms with Gasteiger partial charge in [0.1, 0.15) is 5.82 Å². The summed E-state index contributed by atoms with van der Waals surface area (Å²) in [5, 5.41) is 2.72. The maximum absolute atomic E-state index is 13.4. The van der Waals surface area contributed by atoms with Crippen molar-refractivity contribution in [3.8, 4) is 0 Å². The first-order valence-corrected chi connectivity index (χ1v) is 6.46. The summed E-state index contributed by atoms with van der Waals surface area (Å²) in [5.41, 5.74) is 8.40. The van der Waals surface area contributed by atoms with Crippen LogP contribution in [0.15, 0.2) is 42.5 Å². The first kappa shape index (κ1) is 14.1. The number of halogens is 1. The SMILES string of the molecule is Cc1c(F)cccc1NC(=O)CCc1ccccc1N. The summed E-state index contributed by atoms with van der Waals surface area (Å²) in [5.74, 6) is -0.475. The van der Waals surface area contributed by atoms with E-state index < -0.39 is 0 Å². The highest BCUT2D eigenvalue weighted by atomic mass is 19.1. The van der Waals surface area contributed by atoms with Gasteiger partial charge >= 0.3 is 0 Å². The maximum atomic E-state index is 13.4. The Morgan fingerprint density at radius 3 is 2.70 bits per heavy atom. The van der Waals surface area contributed by atoms with Crippen molar-refractivity contribution in [1.82, 2.24) is 0 Å². The van der Waals surface area contributed by atoms with Gasteiger partial charge < -0.3 is 11.1 Å². The first-order valence-electron chi connectivity index (χ1n) is 6.46. The second kappa shape index (κ2) is 6.19. The van der Waals surface area contributed by atoms with Gasteiger partial charge in [-0.25, -0.2) is 4.39 Å². The van der Waals surface area contributed by atoms with Gasteiger partial charge in [-0.15, -0.1) is 0 Å². The number of carbonyl (C=O) groups is 1. The topological polar surface area (TPSA) is 55.1 Å². The fourth-order valence-corrected chi connectivity index (χ4v) is 1.97. The molecule has 0 atom stereocenters. The van der Waals surface area contributed by atoms with E-state index in [1.807, 2.05) is 24.3 Å². The third-order valence-electron chi connectivity index (χ3n) is 3.22. The summed E-state index contributed by atoms with van der Waals surface area (Å²) >= 11 is 0. The van der Waals surface area contributed by atoms with Crippen LogP contribution in [0.3, 0.4) is 0 Å². The molecule has 0 unspecified atom stereocenters. The third-order valence-corrected chi connectivity index (χ3v) is 3.22. The number of benzene rings is 2. The molecule has 0 spiro atoms. The van der Waals surface area contributed by atoms with E-state index in [1.165, 1.54) is 6.07 Å². The Bertz CT molecular complexity index is 626. The molecule has 0 aliphatic carbocycles. The van der Waals surface area contributed by atoms with Crippen molar-refractivity contribution in [2.24, 2.45) is 0 Å². The Balaban J connectivity index is 1.96. The lowest BCUT2D eigenvalue weighted by atomic mass is 10.1. The van der Waals surface area contributed by atoms with E-state index in [1.54, 1.807) is 19.1 Å². The number of anilines is 2. The van der Waals surface area contributed by atoms with Gasteiger partial charge in [-0.1, -0.05) is 24.3 Å². The second-order valence-electron chi connectivity index (χ2n) is 4.66. The molecule has 0 fully saturated rings. The largest absolute Gasteiger partial charge is 0.399 e. The average molecular weight is 272 g/mol. The molecule has 104 valence electrons. The molecule has 0 aliphatic rings. The highest BCUT2D eigenvalue weighted by Crippen LogP contribution is 2.18. The number of nitrogen functional groups attached to an aromatic ring is 1. The van der Waals surface area contributed by atoms with Gasteiger partial charge in [0.05, 0.1) is 0 Å². The van der Waals surface area contributed by atoms with Crippen LogP contribution in [0.2, 0.25) is 0 Å². The van der Waals surface area contributed by atoms with Crippen molar-refractivity contribution in [2.45, 2.75) is 19.8 Å². The number of hydrogen-bond donors (Lipinski definition) is 2. The summed E-state index contributed by atoms with van der Waals surface area (Å²) in [6.07, 6.45) is 0.872. The van der Waals surface area contributed by atoms with Gasteiger partial charge in [-0.3, -0.25) is 4.79 Å². The van der Waals surface area contributed by atoms with Gasteiger partial charge in [0.15, 0.2) is 0 Å². The van der Waals surface area contributed by atoms with Crippen molar-refractivity contribution in [1.29, 1.82) is 0 Å². The minimum Gasteiger partial charge on any atom is -0.399 e. The smallest absolute Gasteiger partial charge is 0.224 e. The van der Waals surface area contributed by atoms with Gasteiger partial charge in [-0.2, -0.15) is 0 Å². The number of rotatable bonds is 4. The van der Waals surface area contributed by atoms with Crippen LogP contribution >= 0.6 is 0 Å². The Kier molecular flexibility index (Phi) is 4.35. The summed E-state index contributed by atoms with van der Waals surface area (Å²) in [6.45, 7) is 1.64. The maximum Gasteiger partial charge on any atom is 0.224 e. The fraction of sp³-hybridized carbons (Fsp3) is 0.188. The van der Waals surface area contributed by atoms with Crippen LogP contribution in [0.4, 0.5) is 15.8 Å². The van der Waals surface area contributed by atoms with Crippen LogP contribution in [-0.2, 0) is 11.2 Å². The average Bonchev–Trinajstić information content (AvgIpc) is 2.43. The summed E-state index contributed by atoms with van der Waals surface area (Å²) < 4.78 is 13.4. The molecule has 0 heterocycles. The molecule has 1 amide bonds. The summed E-state index contributed by atoms with van der Waals surface area (Å²) in [6, 6.07) is 12.1. The van der Waals surface area contributed by atoms with E-state index in [4.69, 9.17) is 5.73 Å². The molecule has 0 saturated carbocycles. The Hall–Kier alpha value is -2.36. The van der Waals surface area contributed by atoms with Gasteiger partial charge in [0.25, 0.3) is 0 Å². The van der Waals surface area contributed by atoms with E-state index in [9.17, 15) is 9.18 Å². The highest BCUT2D eigenvalue weighted by molar-refractivity contribution is 5.91. The molecule has 0 bridgehead atoms. The predicted octanol–water partition coefficient (Wildman–Crippen LogP) is 3.29. The molecule has 20 heavy (non-hydrogen) atoms. The highest BCUT2D eigenvalue weighted by Gasteiger charge is 2.08. The van der Waals surface area contributed by atoms with E-state index >= 15 is 0 Å². The Labute approximate surface area is 117 Å². The Morgan fingerprint density at radius 1 is 1.20 bits per heavy atom. The molecular weight excluding hydrogens is 255 g/mol. The quantitative estimate of drug-likeness (QED) is 0.839. The van der Waals surface area contributed by atoms with Crippen molar-refractivity contribution in [3.05, 3.63) is 59.4 Å². The van der Waals surface area contributed by atoms with Crippen molar-refractivity contribution < 1.29 is 9.18 Å². The first-order chi connectivity index (χ1) is 9.58. The van der Waals surface area contributed by atoms with Crippen LogP contribution < -0.4 is 11.1 Å². The number of nitrogens with two attached hydrogens (primary N) is 1. The standard InChI is InChI=1S/C16H17FN2O/c1-11-13(17)6-4-8-15(11)19-16(20)10-9-12-5-2-3-7-14(12)18/h2-8H,9-10,18H2,1H3,(H,19,20). The number of carbonyl (C=O) groups excluding carboxylic acids is 1. The van der Waals surface area contributed by atoms with Crippen molar-refractivity contribution in [3.63, 3.8) is 0 Å². The van der Waals surface area contributed by atoms with Crippen molar-refractivity contribution >= 4 is 17.3 Å². The van der Waals surface area contributed by atoms with E-state index in [2.05, 4.69) is 5.32 Å².